The second kappa shape index (κ2) is 8.23. The smallest absolute Gasteiger partial charge is 0.252 e. The van der Waals surface area contributed by atoms with Crippen LogP contribution in [0, 0.1) is 0 Å². The van der Waals surface area contributed by atoms with Crippen molar-refractivity contribution < 1.29 is 4.79 Å². The van der Waals surface area contributed by atoms with Gasteiger partial charge in [0.1, 0.15) is 0 Å². The van der Waals surface area contributed by atoms with Crippen LogP contribution in [-0.4, -0.2) is 27.0 Å². The Bertz CT molecular complexity index is 1110. The first-order chi connectivity index (χ1) is 13.7. The van der Waals surface area contributed by atoms with Gasteiger partial charge in [0.25, 0.3) is 5.91 Å². The highest BCUT2D eigenvalue weighted by Gasteiger charge is 2.13. The third-order valence-corrected chi connectivity index (χ3v) is 4.75. The van der Waals surface area contributed by atoms with Gasteiger partial charge in [0.05, 0.1) is 23.1 Å². The number of nitrogens with zero attached hydrogens (tertiary/aromatic N) is 3. The molecular weight excluding hydrogens is 372 g/mol. The highest BCUT2D eigenvalue weighted by Crippen LogP contribution is 2.26. The number of fused-ring (bicyclic) bond motifs is 1. The lowest BCUT2D eigenvalue weighted by atomic mass is 10.0. The average Bonchev–Trinajstić information content (AvgIpc) is 3.24. The van der Waals surface area contributed by atoms with Crippen LogP contribution in [-0.2, 0) is 6.54 Å². The molecule has 5 nitrogen and oxygen atoms in total. The second-order valence-electron chi connectivity index (χ2n) is 6.49. The number of amides is 1. The molecule has 1 N–H and O–H groups in total. The minimum absolute atomic E-state index is 0.104. The maximum atomic E-state index is 12.9. The van der Waals surface area contributed by atoms with E-state index in [1.54, 1.807) is 12.5 Å². The van der Waals surface area contributed by atoms with Crippen LogP contribution < -0.4 is 5.32 Å². The molecule has 0 atom stereocenters. The SMILES string of the molecule is O=C(NCCCn1ccnc1)c1cc(-c2cccc(Cl)c2)nc2ccccc12. The van der Waals surface area contributed by atoms with Gasteiger partial charge in [-0.2, -0.15) is 0 Å². The molecule has 140 valence electrons. The lowest BCUT2D eigenvalue weighted by Crippen LogP contribution is -2.25. The molecule has 28 heavy (non-hydrogen) atoms. The predicted octanol–water partition coefficient (Wildman–Crippen LogP) is 4.57. The van der Waals surface area contributed by atoms with Gasteiger partial charge in [0, 0.05) is 41.5 Å². The zero-order chi connectivity index (χ0) is 19.3. The fourth-order valence-corrected chi connectivity index (χ4v) is 3.33. The molecule has 0 bridgehead atoms. The van der Waals surface area contributed by atoms with E-state index in [4.69, 9.17) is 16.6 Å². The van der Waals surface area contributed by atoms with Gasteiger partial charge in [-0.1, -0.05) is 41.9 Å². The van der Waals surface area contributed by atoms with Crippen molar-refractivity contribution in [1.29, 1.82) is 0 Å². The summed E-state index contributed by atoms with van der Waals surface area (Å²) < 4.78 is 1.99. The van der Waals surface area contributed by atoms with E-state index in [-0.39, 0.29) is 5.91 Å². The number of carbonyl (C=O) groups excluding carboxylic acids is 1. The Kier molecular flexibility index (Phi) is 5.35. The largest absolute Gasteiger partial charge is 0.352 e. The molecule has 1 amide bonds. The summed E-state index contributed by atoms with van der Waals surface area (Å²) in [4.78, 5) is 21.6. The summed E-state index contributed by atoms with van der Waals surface area (Å²) in [6.45, 7) is 1.39. The van der Waals surface area contributed by atoms with Gasteiger partial charge in [-0.15, -0.1) is 0 Å². The maximum absolute atomic E-state index is 12.9. The van der Waals surface area contributed by atoms with E-state index in [1.807, 2.05) is 65.4 Å². The lowest BCUT2D eigenvalue weighted by Gasteiger charge is -2.11. The summed E-state index contributed by atoms with van der Waals surface area (Å²) in [5, 5.41) is 4.49. The molecule has 0 saturated heterocycles. The van der Waals surface area contributed by atoms with Crippen molar-refractivity contribution in [3.63, 3.8) is 0 Å². The van der Waals surface area contributed by atoms with E-state index in [1.165, 1.54) is 0 Å². The fraction of sp³-hybridized carbons (Fsp3) is 0.136. The number of halogens is 1. The topological polar surface area (TPSA) is 59.8 Å². The molecule has 4 aromatic rings. The summed E-state index contributed by atoms with van der Waals surface area (Å²) in [6, 6.07) is 17.0. The first-order valence-electron chi connectivity index (χ1n) is 9.10. The van der Waals surface area contributed by atoms with E-state index < -0.39 is 0 Å². The normalized spacial score (nSPS) is 10.9. The molecule has 0 aliphatic rings. The van der Waals surface area contributed by atoms with E-state index in [0.717, 1.165) is 35.1 Å². The summed E-state index contributed by atoms with van der Waals surface area (Å²) in [5.41, 5.74) is 3.00. The fourth-order valence-electron chi connectivity index (χ4n) is 3.14. The molecule has 0 spiro atoms. The standard InChI is InChI=1S/C22H19ClN4O/c23-17-6-3-5-16(13-17)21-14-19(18-7-1-2-8-20(18)26-21)22(28)25-9-4-11-27-12-10-24-15-27/h1-3,5-8,10,12-15H,4,9,11H2,(H,25,28). The van der Waals surface area contributed by atoms with Crippen LogP contribution in [0.15, 0.2) is 73.3 Å². The Morgan fingerprint density at radius 1 is 1.11 bits per heavy atom. The molecule has 2 aromatic heterocycles. The van der Waals surface area contributed by atoms with Gasteiger partial charge in [-0.3, -0.25) is 4.79 Å². The van der Waals surface area contributed by atoms with E-state index in [2.05, 4.69) is 10.3 Å². The van der Waals surface area contributed by atoms with Gasteiger partial charge in [0.15, 0.2) is 0 Å². The first-order valence-corrected chi connectivity index (χ1v) is 9.48. The third kappa shape index (κ3) is 4.05. The van der Waals surface area contributed by atoms with Crippen LogP contribution in [0.3, 0.4) is 0 Å². The van der Waals surface area contributed by atoms with Crippen LogP contribution in [0.5, 0.6) is 0 Å². The molecule has 0 unspecified atom stereocenters. The minimum Gasteiger partial charge on any atom is -0.352 e. The number of carbonyl (C=O) groups is 1. The van der Waals surface area contributed by atoms with Gasteiger partial charge in [0.2, 0.25) is 0 Å². The number of aryl methyl sites for hydroxylation is 1. The van der Waals surface area contributed by atoms with Gasteiger partial charge in [-0.05, 0) is 30.7 Å². The van der Waals surface area contributed by atoms with Gasteiger partial charge in [-0.25, -0.2) is 9.97 Å². The highest BCUT2D eigenvalue weighted by atomic mass is 35.5. The monoisotopic (exact) mass is 390 g/mol. The number of hydrogen-bond donors (Lipinski definition) is 1. The number of benzene rings is 2. The summed E-state index contributed by atoms with van der Waals surface area (Å²) in [7, 11) is 0. The predicted molar refractivity (Wildman–Crippen MR) is 111 cm³/mol. The van der Waals surface area contributed by atoms with Crippen molar-refractivity contribution in [3.05, 3.63) is 83.9 Å². The van der Waals surface area contributed by atoms with Crippen molar-refractivity contribution >= 4 is 28.4 Å². The first kappa shape index (κ1) is 18.2. The summed E-state index contributed by atoms with van der Waals surface area (Å²) >= 11 is 6.13. The second-order valence-corrected chi connectivity index (χ2v) is 6.93. The van der Waals surface area contributed by atoms with Crippen LogP contribution in [0.2, 0.25) is 5.02 Å². The summed E-state index contributed by atoms with van der Waals surface area (Å²) in [5.74, 6) is -0.104. The molecule has 0 aliphatic carbocycles. The van der Waals surface area contributed by atoms with E-state index in [9.17, 15) is 4.79 Å². The Morgan fingerprint density at radius 3 is 2.82 bits per heavy atom. The molecule has 2 heterocycles. The van der Waals surface area contributed by atoms with Crippen molar-refractivity contribution in [2.75, 3.05) is 6.54 Å². The van der Waals surface area contributed by atoms with Crippen molar-refractivity contribution in [1.82, 2.24) is 19.9 Å². The number of aromatic nitrogens is 3. The van der Waals surface area contributed by atoms with Gasteiger partial charge >= 0.3 is 0 Å². The van der Waals surface area contributed by atoms with Crippen LogP contribution in [0.4, 0.5) is 0 Å². The van der Waals surface area contributed by atoms with Crippen LogP contribution >= 0.6 is 11.6 Å². The zero-order valence-corrected chi connectivity index (χ0v) is 15.9. The van der Waals surface area contributed by atoms with E-state index >= 15 is 0 Å². The molecule has 4 rings (SSSR count). The lowest BCUT2D eigenvalue weighted by molar-refractivity contribution is 0.0954. The Labute approximate surface area is 168 Å². The quantitative estimate of drug-likeness (QED) is 0.490. The Morgan fingerprint density at radius 2 is 2.00 bits per heavy atom. The minimum atomic E-state index is -0.104. The van der Waals surface area contributed by atoms with Crippen molar-refractivity contribution in [3.8, 4) is 11.3 Å². The average molecular weight is 391 g/mol. The molecule has 6 heteroatoms. The zero-order valence-electron chi connectivity index (χ0n) is 15.2. The number of nitrogens with one attached hydrogen (secondary N) is 1. The third-order valence-electron chi connectivity index (χ3n) is 4.52. The molecule has 0 saturated carbocycles. The molecule has 2 aromatic carbocycles. The molecule has 0 fully saturated rings. The van der Waals surface area contributed by atoms with Crippen molar-refractivity contribution in [2.45, 2.75) is 13.0 Å². The Balaban J connectivity index is 1.58. The number of hydrogen-bond acceptors (Lipinski definition) is 3. The molecule has 0 aliphatic heterocycles. The van der Waals surface area contributed by atoms with E-state index in [0.29, 0.717) is 17.1 Å². The van der Waals surface area contributed by atoms with Crippen LogP contribution in [0.1, 0.15) is 16.8 Å². The Hall–Kier alpha value is -3.18. The summed E-state index contributed by atoms with van der Waals surface area (Å²) in [6.07, 6.45) is 6.26. The molecule has 0 radical (unpaired) electrons. The molecular formula is C22H19ClN4O. The maximum Gasteiger partial charge on any atom is 0.252 e. The number of para-hydroxylation sites is 1. The van der Waals surface area contributed by atoms with Gasteiger partial charge < -0.3 is 9.88 Å². The number of pyridine rings is 1. The highest BCUT2D eigenvalue weighted by molar-refractivity contribution is 6.30. The van der Waals surface area contributed by atoms with Crippen molar-refractivity contribution in [2.24, 2.45) is 0 Å². The van der Waals surface area contributed by atoms with Crippen LogP contribution in [0.25, 0.3) is 22.2 Å². The number of imidazole rings is 1. The number of rotatable bonds is 6.